The Balaban J connectivity index is 0. The molecule has 0 spiro atoms. The van der Waals surface area contributed by atoms with Crippen LogP contribution in [0, 0.1) is 0 Å². The largest absolute Gasteiger partial charge is 0.496 e. The Morgan fingerprint density at radius 3 is 3.10 bits per heavy atom. The van der Waals surface area contributed by atoms with Gasteiger partial charge < -0.3 is 21.1 Å². The average Bonchev–Trinajstić information content (AvgIpc) is 2.84. The van der Waals surface area contributed by atoms with E-state index in [1.165, 1.54) is 13.2 Å². The van der Waals surface area contributed by atoms with Crippen molar-refractivity contribution in [2.24, 2.45) is 5.73 Å². The van der Waals surface area contributed by atoms with E-state index in [9.17, 15) is 9.59 Å². The van der Waals surface area contributed by atoms with E-state index in [1.54, 1.807) is 6.20 Å². The smallest absolute Gasteiger partial charge is 0.267 e. The van der Waals surface area contributed by atoms with Gasteiger partial charge in [-0.2, -0.15) is 0 Å². The van der Waals surface area contributed by atoms with Crippen molar-refractivity contribution in [3.8, 4) is 5.75 Å². The van der Waals surface area contributed by atoms with Crippen LogP contribution in [0.25, 0.3) is 0 Å². The summed E-state index contributed by atoms with van der Waals surface area (Å²) in [5, 5.41) is 6.12. The minimum absolute atomic E-state index is 0. The molecule has 1 fully saturated rings. The van der Waals surface area contributed by atoms with Crippen LogP contribution < -0.4 is 21.1 Å². The Kier molecular flexibility index (Phi) is 4.52. The van der Waals surface area contributed by atoms with Crippen LogP contribution in [-0.2, 0) is 11.3 Å². The van der Waals surface area contributed by atoms with Crippen LogP contribution in [0.3, 0.4) is 0 Å². The number of rotatable bonds is 6. The highest BCUT2D eigenvalue weighted by Crippen LogP contribution is 2.18. The summed E-state index contributed by atoms with van der Waals surface area (Å²) in [6.45, 7) is 1.23. The monoisotopic (exact) mass is 284 g/mol. The number of primary amides is 1. The first kappa shape index (κ1) is 14.3. The summed E-state index contributed by atoms with van der Waals surface area (Å²) in [5.41, 5.74) is 6.18. The standard InChI is InChI=1S/C13H18N4O3.3H2/c1-20-11-4-10(13(14)19)16-6-8(11)5-15-7-9-2-3-12(18)17-9;;;/h4,6,9,15H,2-3,5,7H2,1H3,(H2,14,19)(H,17,18);3*1H/t9-;;;/m0.../s1. The van der Waals surface area contributed by atoms with Gasteiger partial charge in [-0.3, -0.25) is 14.6 Å². The first-order chi connectivity index (χ1) is 9.60. The maximum atomic E-state index is 11.1. The topological polar surface area (TPSA) is 106 Å². The molecule has 1 saturated heterocycles. The molecule has 0 radical (unpaired) electrons. The summed E-state index contributed by atoms with van der Waals surface area (Å²) in [6, 6.07) is 1.70. The zero-order valence-electron chi connectivity index (χ0n) is 11.3. The van der Waals surface area contributed by atoms with Crippen molar-refractivity contribution in [2.45, 2.75) is 25.4 Å². The number of nitrogens with zero attached hydrogens (tertiary/aromatic N) is 1. The zero-order valence-corrected chi connectivity index (χ0v) is 11.3. The molecule has 7 heteroatoms. The number of nitrogens with two attached hydrogens (primary N) is 1. The molecule has 0 saturated carbocycles. The van der Waals surface area contributed by atoms with E-state index in [4.69, 9.17) is 10.5 Å². The van der Waals surface area contributed by atoms with Gasteiger partial charge in [-0.15, -0.1) is 0 Å². The molecule has 2 heterocycles. The maximum absolute atomic E-state index is 11.1. The number of carbonyl (C=O) groups excluding carboxylic acids is 2. The van der Waals surface area contributed by atoms with E-state index in [0.717, 1.165) is 12.0 Å². The van der Waals surface area contributed by atoms with Crippen molar-refractivity contribution in [1.29, 1.82) is 0 Å². The Hall–Kier alpha value is -2.15. The fraction of sp³-hybridized carbons (Fsp3) is 0.462. The minimum atomic E-state index is -0.587. The second-order valence-corrected chi connectivity index (χ2v) is 4.68. The molecule has 2 amide bonds. The number of carbonyl (C=O) groups is 2. The van der Waals surface area contributed by atoms with E-state index in [0.29, 0.717) is 25.3 Å². The highest BCUT2D eigenvalue weighted by molar-refractivity contribution is 5.91. The van der Waals surface area contributed by atoms with Crippen LogP contribution in [0.2, 0.25) is 0 Å². The lowest BCUT2D eigenvalue weighted by atomic mass is 10.2. The first-order valence-corrected chi connectivity index (χ1v) is 6.43. The number of hydrogen-bond acceptors (Lipinski definition) is 5. The van der Waals surface area contributed by atoms with Crippen molar-refractivity contribution in [3.05, 3.63) is 23.5 Å². The molecule has 1 atom stereocenters. The van der Waals surface area contributed by atoms with Crippen molar-refractivity contribution >= 4 is 11.8 Å². The number of amides is 2. The zero-order chi connectivity index (χ0) is 14.5. The number of methoxy groups -OCH3 is 1. The quantitative estimate of drug-likeness (QED) is 0.696. The van der Waals surface area contributed by atoms with E-state index >= 15 is 0 Å². The molecule has 0 unspecified atom stereocenters. The van der Waals surface area contributed by atoms with E-state index in [-0.39, 0.29) is 21.9 Å². The van der Waals surface area contributed by atoms with Gasteiger partial charge >= 0.3 is 0 Å². The van der Waals surface area contributed by atoms with Crippen LogP contribution in [0.4, 0.5) is 0 Å². The van der Waals surface area contributed by atoms with Gasteiger partial charge in [0.2, 0.25) is 5.91 Å². The van der Waals surface area contributed by atoms with Gasteiger partial charge in [-0.05, 0) is 6.42 Å². The summed E-state index contributed by atoms with van der Waals surface area (Å²) in [7, 11) is 1.53. The summed E-state index contributed by atoms with van der Waals surface area (Å²) in [6.07, 6.45) is 3.01. The van der Waals surface area contributed by atoms with Gasteiger partial charge in [-0.1, -0.05) is 0 Å². The lowest BCUT2D eigenvalue weighted by molar-refractivity contribution is -0.119. The van der Waals surface area contributed by atoms with Gasteiger partial charge in [0.1, 0.15) is 11.4 Å². The third kappa shape index (κ3) is 3.45. The third-order valence-electron chi connectivity index (χ3n) is 3.21. The van der Waals surface area contributed by atoms with Crippen molar-refractivity contribution in [2.75, 3.05) is 13.7 Å². The average molecular weight is 284 g/mol. The fourth-order valence-electron chi connectivity index (χ4n) is 2.13. The van der Waals surface area contributed by atoms with Gasteiger partial charge in [0.05, 0.1) is 7.11 Å². The third-order valence-corrected chi connectivity index (χ3v) is 3.21. The van der Waals surface area contributed by atoms with Crippen molar-refractivity contribution in [3.63, 3.8) is 0 Å². The second-order valence-electron chi connectivity index (χ2n) is 4.68. The first-order valence-electron chi connectivity index (χ1n) is 6.43. The molecule has 1 aliphatic heterocycles. The van der Waals surface area contributed by atoms with E-state index in [1.807, 2.05) is 0 Å². The normalized spacial score (nSPS) is 17.9. The van der Waals surface area contributed by atoms with Gasteiger partial charge in [0.15, 0.2) is 0 Å². The highest BCUT2D eigenvalue weighted by Gasteiger charge is 2.20. The minimum Gasteiger partial charge on any atom is -0.496 e. The maximum Gasteiger partial charge on any atom is 0.267 e. The Bertz CT molecular complexity index is 531. The van der Waals surface area contributed by atoms with Gasteiger partial charge in [0.25, 0.3) is 5.91 Å². The molecule has 1 aromatic heterocycles. The van der Waals surface area contributed by atoms with Crippen LogP contribution >= 0.6 is 0 Å². The Morgan fingerprint density at radius 2 is 2.50 bits per heavy atom. The SMILES string of the molecule is COc1cc(C(N)=O)ncc1CNC[C@@H]1CCC(=O)N1.[HH].[HH].[HH]. The summed E-state index contributed by atoms with van der Waals surface area (Å²) in [5.74, 6) is 0.0788. The molecule has 2 rings (SSSR count). The lowest BCUT2D eigenvalue weighted by Crippen LogP contribution is -2.35. The van der Waals surface area contributed by atoms with E-state index in [2.05, 4.69) is 15.6 Å². The van der Waals surface area contributed by atoms with Crippen molar-refractivity contribution in [1.82, 2.24) is 15.6 Å². The number of ether oxygens (including phenoxy) is 1. The summed E-state index contributed by atoms with van der Waals surface area (Å²) >= 11 is 0. The molecule has 4 N–H and O–H groups in total. The van der Waals surface area contributed by atoms with E-state index < -0.39 is 5.91 Å². The molecule has 0 aliphatic carbocycles. The van der Waals surface area contributed by atoms with Crippen LogP contribution in [0.5, 0.6) is 5.75 Å². The van der Waals surface area contributed by atoms with Crippen LogP contribution in [0.15, 0.2) is 12.3 Å². The molecule has 20 heavy (non-hydrogen) atoms. The molecule has 0 bridgehead atoms. The van der Waals surface area contributed by atoms with Gasteiger partial charge in [0, 0.05) is 47.7 Å². The number of hydrogen-bond donors (Lipinski definition) is 3. The highest BCUT2D eigenvalue weighted by atomic mass is 16.5. The van der Waals surface area contributed by atoms with Crippen LogP contribution in [0.1, 0.15) is 33.2 Å². The number of aromatic nitrogens is 1. The summed E-state index contributed by atoms with van der Waals surface area (Å²) in [4.78, 5) is 26.1. The Labute approximate surface area is 121 Å². The van der Waals surface area contributed by atoms with Crippen molar-refractivity contribution < 1.29 is 18.6 Å². The molecule has 0 aromatic carbocycles. The molecule has 1 aliphatic rings. The predicted octanol–water partition coefficient (Wildman–Crippen LogP) is 0.295. The fourth-order valence-corrected chi connectivity index (χ4v) is 2.13. The molecular formula is C13H24N4O3. The summed E-state index contributed by atoms with van der Waals surface area (Å²) < 4.78 is 5.22. The Morgan fingerprint density at radius 1 is 1.70 bits per heavy atom. The number of nitrogens with one attached hydrogen (secondary N) is 2. The van der Waals surface area contributed by atoms with Gasteiger partial charge in [-0.25, -0.2) is 0 Å². The lowest BCUT2D eigenvalue weighted by Gasteiger charge is -2.13. The number of pyridine rings is 1. The molecule has 1 aromatic rings. The molecular weight excluding hydrogens is 260 g/mol. The van der Waals surface area contributed by atoms with Crippen LogP contribution in [-0.4, -0.2) is 36.5 Å². The molecule has 7 nitrogen and oxygen atoms in total. The predicted molar refractivity (Wildman–Crippen MR) is 78.5 cm³/mol. The second kappa shape index (κ2) is 6.33. The molecule has 114 valence electrons.